The largest absolute Gasteiger partial charge is 0.507 e. The van der Waals surface area contributed by atoms with Gasteiger partial charge in [0.05, 0.1) is 48.8 Å². The minimum absolute atomic E-state index is 0.0257. The van der Waals surface area contributed by atoms with E-state index >= 15 is 0 Å². The van der Waals surface area contributed by atoms with Crippen LogP contribution in [0.4, 0.5) is 4.79 Å². The van der Waals surface area contributed by atoms with Gasteiger partial charge in [-0.2, -0.15) is 0 Å². The van der Waals surface area contributed by atoms with Crippen molar-refractivity contribution in [1.82, 2.24) is 21.3 Å². The molecule has 0 bridgehead atoms. The standard InChI is InChI=1S/C60H82N4O25/c1-34-52(74)38(24-47(85-34)86-39-26-59(81,40(67)30-66)25-37-49(39)56(78)51-50(54(37)76)53(75)36-19-17-18-35(29-65)48(36)55(51)77)64-58(80)88-45(72)22-15-11-6-5-9-13-20-43(70)87-44(71)21-14-10-7-8-12-16-23-46(73)89-60(57(79)63-33-84-4,27-41(68)61-31-82-2)28-42(69)62-32-83-3/h17-19,34,38-39,47,52,65-66,74,76,78,81H,5-16,20-33H2,1-4H3,(H,61,68)(H,62,69)(H,63,79)(H,64,80)/t34?,38?,39-,47-,52?,59+/m0/s1. The maximum atomic E-state index is 14.0. The summed E-state index contributed by atoms with van der Waals surface area (Å²) >= 11 is 0. The van der Waals surface area contributed by atoms with Crippen LogP contribution in [0.25, 0.3) is 0 Å². The highest BCUT2D eigenvalue weighted by molar-refractivity contribution is 6.31. The van der Waals surface area contributed by atoms with Crippen LogP contribution in [-0.4, -0.2) is 180 Å². The number of nitrogens with one attached hydrogen (secondary N) is 4. The van der Waals surface area contributed by atoms with Gasteiger partial charge in [0.15, 0.2) is 23.6 Å². The van der Waals surface area contributed by atoms with E-state index in [4.69, 9.17) is 37.9 Å². The summed E-state index contributed by atoms with van der Waals surface area (Å²) in [6.07, 6.45) is -3.06. The Hall–Kier alpha value is -7.35. The number of amides is 4. The van der Waals surface area contributed by atoms with Crippen LogP contribution in [-0.2, 0) is 89.3 Å². The monoisotopic (exact) mass is 1260 g/mol. The zero-order valence-corrected chi connectivity index (χ0v) is 50.4. The third-order valence-corrected chi connectivity index (χ3v) is 15.4. The second kappa shape index (κ2) is 35.1. The minimum Gasteiger partial charge on any atom is -0.507 e. The molecule has 6 atom stereocenters. The normalized spacial score (nSPS) is 19.4. The molecule has 2 aromatic rings. The zero-order chi connectivity index (χ0) is 65.4. The highest BCUT2D eigenvalue weighted by Gasteiger charge is 2.51. The maximum absolute atomic E-state index is 14.0. The highest BCUT2D eigenvalue weighted by Crippen LogP contribution is 2.52. The van der Waals surface area contributed by atoms with E-state index in [9.17, 15) is 83.4 Å². The molecule has 1 fully saturated rings. The van der Waals surface area contributed by atoms with Crippen LogP contribution < -0.4 is 21.3 Å². The number of Topliss-reactive ketones (excluding diaryl/α,β-unsaturated/α-hetero) is 1. The van der Waals surface area contributed by atoms with Crippen molar-refractivity contribution in [2.45, 2.75) is 190 Å². The van der Waals surface area contributed by atoms with E-state index < -0.39 is 168 Å². The number of hydrogen-bond acceptors (Lipinski definition) is 25. The molecule has 2 aromatic carbocycles. The first kappa shape index (κ1) is 72.4. The molecule has 89 heavy (non-hydrogen) atoms. The van der Waals surface area contributed by atoms with Gasteiger partial charge in [-0.25, -0.2) is 4.79 Å². The number of aromatic hydroxyl groups is 2. The lowest BCUT2D eigenvalue weighted by molar-refractivity contribution is -0.249. The van der Waals surface area contributed by atoms with Crippen molar-refractivity contribution in [3.63, 3.8) is 0 Å². The molecule has 2 aliphatic carbocycles. The SMILES string of the molecule is COCNC(=O)CC(CC(=O)NCOC)(OC(=O)CCCCCCCCC(=O)OC(=O)CCCCCCCCC(=O)OC(=O)NC1C[C@H](O[C@H]2C[C@@](O)(C(=O)CO)Cc3c(O)c4c(c(O)c32)C(=O)c2c(CO)cccc2C4=O)OC(C)C1O)C(=O)NCOC. The molecule has 1 heterocycles. The molecular weight excluding hydrogens is 1180 g/mol. The van der Waals surface area contributed by atoms with E-state index in [2.05, 4.69) is 21.3 Å². The van der Waals surface area contributed by atoms with Gasteiger partial charge in [-0.3, -0.25) is 47.9 Å². The van der Waals surface area contributed by atoms with E-state index in [0.29, 0.717) is 77.0 Å². The number of fused-ring (bicyclic) bond motifs is 3. The number of aliphatic hydroxyl groups is 4. The van der Waals surface area contributed by atoms with Gasteiger partial charge in [0.1, 0.15) is 50.0 Å². The number of benzene rings is 2. The van der Waals surface area contributed by atoms with E-state index in [1.165, 1.54) is 46.5 Å². The number of ketones is 3. The van der Waals surface area contributed by atoms with Crippen LogP contribution in [0.15, 0.2) is 18.2 Å². The number of methoxy groups -OCH3 is 3. The van der Waals surface area contributed by atoms with E-state index in [1.54, 1.807) is 0 Å². The Kier molecular flexibility index (Phi) is 28.6. The number of ether oxygens (including phenoxy) is 8. The summed E-state index contributed by atoms with van der Waals surface area (Å²) in [5.74, 6) is -9.85. The van der Waals surface area contributed by atoms with Crippen LogP contribution in [0.3, 0.4) is 0 Å². The molecule has 1 aliphatic heterocycles. The lowest BCUT2D eigenvalue weighted by Crippen LogP contribution is -2.56. The Labute approximate surface area is 513 Å². The molecule has 0 aromatic heterocycles. The van der Waals surface area contributed by atoms with Crippen molar-refractivity contribution in [1.29, 1.82) is 0 Å². The van der Waals surface area contributed by atoms with Crippen molar-refractivity contribution < 1.29 is 121 Å². The molecule has 0 spiro atoms. The average molecular weight is 1260 g/mol. The smallest absolute Gasteiger partial charge is 0.415 e. The topological polar surface area (TPSA) is 431 Å². The zero-order valence-electron chi connectivity index (χ0n) is 50.4. The molecular formula is C60H82N4O25. The summed E-state index contributed by atoms with van der Waals surface area (Å²) < 4.78 is 42.1. The Morgan fingerprint density at radius 2 is 1.17 bits per heavy atom. The molecule has 29 nitrogen and oxygen atoms in total. The molecule has 29 heteroatoms. The van der Waals surface area contributed by atoms with Crippen molar-refractivity contribution in [2.24, 2.45) is 0 Å². The maximum Gasteiger partial charge on any atom is 0.415 e. The van der Waals surface area contributed by atoms with Gasteiger partial charge in [0.25, 0.3) is 5.91 Å². The summed E-state index contributed by atoms with van der Waals surface area (Å²) in [5.41, 5.74) is -6.78. The number of rotatable bonds is 36. The fraction of sp³-hybridized carbons (Fsp3) is 0.617. The van der Waals surface area contributed by atoms with Gasteiger partial charge in [0, 0.05) is 88.5 Å². The number of esters is 4. The Bertz CT molecular complexity index is 2860. The molecule has 0 radical (unpaired) electrons. The predicted octanol–water partition coefficient (Wildman–Crippen LogP) is 2.31. The van der Waals surface area contributed by atoms with Crippen LogP contribution >= 0.6 is 0 Å². The quantitative estimate of drug-likeness (QED) is 0.00997. The highest BCUT2D eigenvalue weighted by atomic mass is 16.7. The van der Waals surface area contributed by atoms with Crippen molar-refractivity contribution in [3.8, 4) is 11.5 Å². The first-order chi connectivity index (χ1) is 42.5. The summed E-state index contributed by atoms with van der Waals surface area (Å²) in [5, 5.41) is 75.5. The second-order valence-electron chi connectivity index (χ2n) is 22.0. The van der Waals surface area contributed by atoms with Gasteiger partial charge in [-0.1, -0.05) is 69.6 Å². The molecule has 0 saturated carbocycles. The number of unbranched alkanes of at least 4 members (excludes halogenated alkanes) is 10. The number of carbonyl (C=O) groups is 11. The van der Waals surface area contributed by atoms with E-state index in [0.717, 1.165) is 0 Å². The van der Waals surface area contributed by atoms with Crippen molar-refractivity contribution >= 4 is 65.0 Å². The lowest BCUT2D eigenvalue weighted by Gasteiger charge is -2.42. The minimum atomic E-state index is -2.43. The molecule has 5 rings (SSSR count). The van der Waals surface area contributed by atoms with Gasteiger partial charge in [-0.15, -0.1) is 0 Å². The number of alkyl carbamates (subject to hydrolysis) is 1. The Morgan fingerprint density at radius 3 is 1.70 bits per heavy atom. The fourth-order valence-corrected chi connectivity index (χ4v) is 10.8. The number of hydrogen-bond donors (Lipinski definition) is 10. The van der Waals surface area contributed by atoms with Crippen LogP contribution in [0.5, 0.6) is 11.5 Å². The van der Waals surface area contributed by atoms with Crippen LogP contribution in [0.2, 0.25) is 0 Å². The number of carbonyl (C=O) groups excluding carboxylic acids is 11. The first-order valence-corrected chi connectivity index (χ1v) is 29.5. The van der Waals surface area contributed by atoms with Gasteiger partial charge in [0.2, 0.25) is 17.4 Å². The van der Waals surface area contributed by atoms with Gasteiger partial charge in [-0.05, 0) is 38.2 Å². The summed E-state index contributed by atoms with van der Waals surface area (Å²) in [4.78, 5) is 143. The number of phenolic OH excluding ortho intramolecular Hbond substituents is 2. The van der Waals surface area contributed by atoms with Crippen molar-refractivity contribution in [3.05, 3.63) is 57.1 Å². The molecule has 4 amide bonds. The first-order valence-electron chi connectivity index (χ1n) is 29.5. The van der Waals surface area contributed by atoms with Gasteiger partial charge >= 0.3 is 30.0 Å². The summed E-state index contributed by atoms with van der Waals surface area (Å²) in [7, 11) is 3.99. The molecule has 10 N–H and O–H groups in total. The van der Waals surface area contributed by atoms with Crippen molar-refractivity contribution in [2.75, 3.05) is 48.1 Å². The number of phenols is 2. The Morgan fingerprint density at radius 1 is 0.663 bits per heavy atom. The van der Waals surface area contributed by atoms with E-state index in [-0.39, 0.29) is 80.1 Å². The van der Waals surface area contributed by atoms with Gasteiger partial charge < -0.3 is 89.8 Å². The molecule has 1 saturated heterocycles. The predicted molar refractivity (Wildman–Crippen MR) is 305 cm³/mol. The number of aliphatic hydroxyl groups excluding tert-OH is 3. The lowest BCUT2D eigenvalue weighted by atomic mass is 9.71. The van der Waals surface area contributed by atoms with E-state index in [1.807, 2.05) is 0 Å². The molecule has 3 aliphatic rings. The summed E-state index contributed by atoms with van der Waals surface area (Å²) in [6.45, 7) is -1.02. The summed E-state index contributed by atoms with van der Waals surface area (Å²) in [6, 6.07) is 2.94. The molecule has 492 valence electrons. The fourth-order valence-electron chi connectivity index (χ4n) is 10.8. The van der Waals surface area contributed by atoms with Crippen LogP contribution in [0, 0.1) is 0 Å². The third-order valence-electron chi connectivity index (χ3n) is 15.4. The van der Waals surface area contributed by atoms with Crippen LogP contribution in [0.1, 0.15) is 190 Å². The second-order valence-corrected chi connectivity index (χ2v) is 22.0. The Balaban J connectivity index is 0.972. The third kappa shape index (κ3) is 20.1. The average Bonchev–Trinajstić information content (AvgIpc) is 0.816. The molecule has 3 unspecified atom stereocenters.